The number of carbonyl (C=O) groups excluding carboxylic acids is 5. The molecular weight excluding hydrogens is 470 g/mol. The zero-order chi connectivity index (χ0) is 25.6. The number of hydrogen-bond donors (Lipinski definition) is 2. The molecule has 2 aromatic rings. The minimum absolute atomic E-state index is 0.0902. The zero-order valence-electron chi connectivity index (χ0n) is 18.9. The van der Waals surface area contributed by atoms with E-state index < -0.39 is 53.3 Å². The van der Waals surface area contributed by atoms with Gasteiger partial charge in [0.2, 0.25) is 5.91 Å². The van der Waals surface area contributed by atoms with Crippen molar-refractivity contribution in [3.8, 4) is 5.75 Å². The second kappa shape index (κ2) is 8.91. The summed E-state index contributed by atoms with van der Waals surface area (Å²) in [6.45, 7) is 0. The van der Waals surface area contributed by atoms with Crippen LogP contribution < -0.4 is 10.9 Å². The van der Waals surface area contributed by atoms with Gasteiger partial charge in [0.25, 0.3) is 23.6 Å². The Morgan fingerprint density at radius 2 is 1.42 bits per heavy atom. The Bertz CT molecular complexity index is 1350. The lowest BCUT2D eigenvalue weighted by molar-refractivity contribution is -0.142. The molecule has 0 radical (unpaired) electrons. The molecule has 0 spiro atoms. The van der Waals surface area contributed by atoms with Crippen LogP contribution in [0.25, 0.3) is 11.0 Å². The van der Waals surface area contributed by atoms with Gasteiger partial charge in [-0.3, -0.25) is 33.8 Å². The first-order chi connectivity index (χ1) is 17.2. The molecule has 1 aromatic carbocycles. The molecule has 0 bridgehead atoms. The molecule has 0 saturated heterocycles. The molecule has 1 aliphatic carbocycles. The van der Waals surface area contributed by atoms with Crippen molar-refractivity contribution in [1.29, 1.82) is 0 Å². The summed E-state index contributed by atoms with van der Waals surface area (Å²) in [5.41, 5.74) is -0.142. The summed E-state index contributed by atoms with van der Waals surface area (Å²) in [6, 6.07) is 3.63. The summed E-state index contributed by atoms with van der Waals surface area (Å²) in [5, 5.41) is 13.0. The Balaban J connectivity index is 1.37. The van der Waals surface area contributed by atoms with Crippen LogP contribution >= 0.6 is 0 Å². The highest BCUT2D eigenvalue weighted by Gasteiger charge is 2.43. The fourth-order valence-electron chi connectivity index (χ4n) is 5.16. The first-order valence-electron chi connectivity index (χ1n) is 11.3. The van der Waals surface area contributed by atoms with Gasteiger partial charge >= 0.3 is 5.63 Å². The van der Waals surface area contributed by atoms with Crippen molar-refractivity contribution in [3.05, 3.63) is 64.6 Å². The number of hydrogen-bond acceptors (Lipinski definition) is 8. The SMILES string of the molecule is O=C(Cc1cc(=O)oc2cc(O)ccc12)NC1C[C@H](N2C(=O)C=CC2=O)C[C@@H](N2C(=O)C=CC2=O)C1. The van der Waals surface area contributed by atoms with Crippen LogP contribution in [0.5, 0.6) is 5.75 Å². The predicted molar refractivity (Wildman–Crippen MR) is 123 cm³/mol. The van der Waals surface area contributed by atoms with Gasteiger partial charge in [-0.1, -0.05) is 0 Å². The Morgan fingerprint density at radius 1 is 0.861 bits per heavy atom. The van der Waals surface area contributed by atoms with Gasteiger partial charge in [0.05, 0.1) is 6.42 Å². The van der Waals surface area contributed by atoms with Crippen molar-refractivity contribution in [2.24, 2.45) is 0 Å². The van der Waals surface area contributed by atoms with Gasteiger partial charge in [-0.2, -0.15) is 0 Å². The van der Waals surface area contributed by atoms with Gasteiger partial charge in [0.1, 0.15) is 11.3 Å². The quantitative estimate of drug-likeness (QED) is 0.447. The number of phenols is 1. The normalized spacial score (nSPS) is 23.8. The molecular formula is C25H21N3O8. The molecule has 1 saturated carbocycles. The monoisotopic (exact) mass is 491 g/mol. The molecule has 5 amide bonds. The van der Waals surface area contributed by atoms with E-state index in [9.17, 15) is 33.9 Å². The summed E-state index contributed by atoms with van der Waals surface area (Å²) in [6.07, 6.45) is 5.18. The Labute approximate surface area is 203 Å². The molecule has 2 aliphatic heterocycles. The number of aromatic hydroxyl groups is 1. The molecule has 1 aromatic heterocycles. The second-order valence-corrected chi connectivity index (χ2v) is 8.99. The molecule has 36 heavy (non-hydrogen) atoms. The Morgan fingerprint density at radius 3 is 1.97 bits per heavy atom. The average Bonchev–Trinajstić information content (AvgIpc) is 3.32. The van der Waals surface area contributed by atoms with E-state index >= 15 is 0 Å². The number of benzene rings is 1. The Kier molecular flexibility index (Phi) is 5.75. The predicted octanol–water partition coefficient (Wildman–Crippen LogP) is 0.297. The number of fused-ring (bicyclic) bond motifs is 1. The molecule has 1 fully saturated rings. The summed E-state index contributed by atoms with van der Waals surface area (Å²) in [7, 11) is 0. The highest BCUT2D eigenvalue weighted by molar-refractivity contribution is 6.14. The molecule has 5 rings (SSSR count). The maximum absolute atomic E-state index is 13.0. The van der Waals surface area contributed by atoms with Crippen molar-refractivity contribution >= 4 is 40.5 Å². The van der Waals surface area contributed by atoms with E-state index in [1.54, 1.807) is 0 Å². The Hall–Kier alpha value is -4.54. The standard InChI is InChI=1S/C25H21N3O8/c29-17-1-2-18-13(8-25(35)36-19(18)12-17)7-20(30)26-14-9-15(27-21(31)3-4-22(27)32)11-16(10-14)28-23(33)5-6-24(28)34/h1-6,8,12,14-16,29H,7,9-11H2,(H,26,30)/t15-,16-/m0/s1. The van der Waals surface area contributed by atoms with Crippen molar-refractivity contribution in [1.82, 2.24) is 15.1 Å². The van der Waals surface area contributed by atoms with Crippen LogP contribution in [0, 0.1) is 0 Å². The number of amides is 5. The van der Waals surface area contributed by atoms with Gasteiger partial charge in [0.15, 0.2) is 0 Å². The molecule has 2 N–H and O–H groups in total. The number of imide groups is 2. The third-order valence-electron chi connectivity index (χ3n) is 6.60. The van der Waals surface area contributed by atoms with Gasteiger partial charge in [-0.05, 0) is 37.0 Å². The van der Waals surface area contributed by atoms with Crippen LogP contribution in [0.3, 0.4) is 0 Å². The number of nitrogens with zero attached hydrogens (tertiary/aromatic N) is 2. The van der Waals surface area contributed by atoms with Crippen molar-refractivity contribution in [2.75, 3.05) is 0 Å². The molecule has 3 aliphatic rings. The van der Waals surface area contributed by atoms with E-state index in [1.807, 2.05) is 0 Å². The van der Waals surface area contributed by atoms with Crippen molar-refractivity contribution in [2.45, 2.75) is 43.8 Å². The number of nitrogens with one attached hydrogen (secondary N) is 1. The number of phenolic OH excluding ortho intramolecular Hbond substituents is 1. The zero-order valence-corrected chi connectivity index (χ0v) is 18.9. The van der Waals surface area contributed by atoms with Crippen LogP contribution in [-0.4, -0.2) is 62.6 Å². The van der Waals surface area contributed by atoms with E-state index in [-0.39, 0.29) is 37.0 Å². The van der Waals surface area contributed by atoms with Gasteiger partial charge in [-0.25, -0.2) is 4.79 Å². The summed E-state index contributed by atoms with van der Waals surface area (Å²) < 4.78 is 5.10. The minimum Gasteiger partial charge on any atom is -0.508 e. The molecule has 11 nitrogen and oxygen atoms in total. The van der Waals surface area contributed by atoms with Crippen molar-refractivity contribution < 1.29 is 33.5 Å². The number of rotatable bonds is 5. The van der Waals surface area contributed by atoms with Crippen molar-refractivity contribution in [3.63, 3.8) is 0 Å². The van der Waals surface area contributed by atoms with E-state index in [4.69, 9.17) is 4.42 Å². The lowest BCUT2D eigenvalue weighted by Gasteiger charge is -2.41. The topological polar surface area (TPSA) is 154 Å². The third kappa shape index (κ3) is 4.30. The van der Waals surface area contributed by atoms with Crippen LogP contribution in [0.2, 0.25) is 0 Å². The van der Waals surface area contributed by atoms with E-state index in [1.165, 1.54) is 24.3 Å². The highest BCUT2D eigenvalue weighted by atomic mass is 16.4. The van der Waals surface area contributed by atoms with Crippen LogP contribution in [-0.2, 0) is 30.4 Å². The summed E-state index contributed by atoms with van der Waals surface area (Å²) in [4.78, 5) is 76.4. The molecule has 3 heterocycles. The van der Waals surface area contributed by atoms with Crippen LogP contribution in [0.15, 0.2) is 57.8 Å². The van der Waals surface area contributed by atoms with E-state index in [2.05, 4.69) is 5.32 Å². The first-order valence-corrected chi connectivity index (χ1v) is 11.3. The largest absolute Gasteiger partial charge is 0.508 e. The summed E-state index contributed by atoms with van der Waals surface area (Å²) >= 11 is 0. The summed E-state index contributed by atoms with van der Waals surface area (Å²) in [5.74, 6) is -2.48. The van der Waals surface area contributed by atoms with Crippen LogP contribution in [0.4, 0.5) is 0 Å². The molecule has 184 valence electrons. The second-order valence-electron chi connectivity index (χ2n) is 8.99. The lowest BCUT2D eigenvalue weighted by Crippen LogP contribution is -2.56. The average molecular weight is 491 g/mol. The maximum atomic E-state index is 13.0. The van der Waals surface area contributed by atoms with E-state index in [0.717, 1.165) is 34.1 Å². The number of carbonyl (C=O) groups is 5. The van der Waals surface area contributed by atoms with Gasteiger partial charge in [0, 0.05) is 59.9 Å². The minimum atomic E-state index is -0.675. The van der Waals surface area contributed by atoms with E-state index in [0.29, 0.717) is 10.9 Å². The lowest BCUT2D eigenvalue weighted by atomic mass is 9.85. The fraction of sp³-hybridized carbons (Fsp3) is 0.280. The smallest absolute Gasteiger partial charge is 0.336 e. The first kappa shape index (κ1) is 23.2. The molecule has 2 atom stereocenters. The maximum Gasteiger partial charge on any atom is 0.336 e. The van der Waals surface area contributed by atoms with Crippen LogP contribution in [0.1, 0.15) is 24.8 Å². The third-order valence-corrected chi connectivity index (χ3v) is 6.60. The molecule has 11 heteroatoms. The van der Waals surface area contributed by atoms with Gasteiger partial charge < -0.3 is 14.8 Å². The van der Waals surface area contributed by atoms with Gasteiger partial charge in [-0.15, -0.1) is 0 Å². The fourth-order valence-corrected chi connectivity index (χ4v) is 5.16. The highest BCUT2D eigenvalue weighted by Crippen LogP contribution is 2.31. The molecule has 0 unspecified atom stereocenters.